The summed E-state index contributed by atoms with van der Waals surface area (Å²) in [6.07, 6.45) is -0.691. The van der Waals surface area contributed by atoms with Crippen molar-refractivity contribution in [1.29, 1.82) is 0 Å². The Bertz CT molecular complexity index is 514. The van der Waals surface area contributed by atoms with Gasteiger partial charge in [0, 0.05) is 11.0 Å². The minimum atomic E-state index is -3.59. The number of sulfonamides is 1. The Kier molecular flexibility index (Phi) is 5.33. The van der Waals surface area contributed by atoms with Crippen molar-refractivity contribution in [3.05, 3.63) is 28.2 Å². The third-order valence-electron chi connectivity index (χ3n) is 2.63. The fraction of sp³-hybridized carbons (Fsp3) is 0.500. The van der Waals surface area contributed by atoms with Crippen molar-refractivity contribution in [3.8, 4) is 0 Å². The lowest BCUT2D eigenvalue weighted by molar-refractivity contribution is 0.129. The van der Waals surface area contributed by atoms with Crippen LogP contribution in [-0.2, 0) is 10.0 Å². The minimum Gasteiger partial charge on any atom is -0.391 e. The lowest BCUT2D eigenvalue weighted by Crippen LogP contribution is -2.34. The molecule has 0 saturated carbocycles. The van der Waals surface area contributed by atoms with Gasteiger partial charge in [-0.3, -0.25) is 0 Å². The van der Waals surface area contributed by atoms with Crippen LogP contribution in [0.2, 0.25) is 0 Å². The smallest absolute Gasteiger partial charge is 0.241 e. The molecule has 0 amide bonds. The highest BCUT2D eigenvalue weighted by atomic mass is 79.9. The number of halogens is 1. The average molecular weight is 336 g/mol. The van der Waals surface area contributed by atoms with Gasteiger partial charge in [-0.2, -0.15) is 0 Å². The fourth-order valence-corrected chi connectivity index (χ4v) is 3.57. The molecule has 0 bridgehead atoms. The Morgan fingerprint density at radius 1 is 1.39 bits per heavy atom. The molecule has 0 aromatic heterocycles. The first-order chi connectivity index (χ1) is 8.24. The molecule has 0 fully saturated rings. The molecule has 102 valence electrons. The number of aliphatic hydroxyl groups is 1. The van der Waals surface area contributed by atoms with Crippen LogP contribution in [0.1, 0.15) is 19.4 Å². The summed E-state index contributed by atoms with van der Waals surface area (Å²) in [6.45, 7) is 5.57. The van der Waals surface area contributed by atoms with E-state index in [9.17, 15) is 13.5 Å². The lowest BCUT2D eigenvalue weighted by atomic mass is 10.1. The van der Waals surface area contributed by atoms with Gasteiger partial charge in [0.25, 0.3) is 0 Å². The second kappa shape index (κ2) is 6.14. The lowest BCUT2D eigenvalue weighted by Gasteiger charge is -2.15. The highest BCUT2D eigenvalue weighted by molar-refractivity contribution is 9.10. The molecule has 18 heavy (non-hydrogen) atoms. The highest BCUT2D eigenvalue weighted by Gasteiger charge is 2.19. The van der Waals surface area contributed by atoms with E-state index >= 15 is 0 Å². The van der Waals surface area contributed by atoms with E-state index in [-0.39, 0.29) is 17.4 Å². The maximum Gasteiger partial charge on any atom is 0.241 e. The molecular weight excluding hydrogens is 318 g/mol. The van der Waals surface area contributed by atoms with Crippen molar-refractivity contribution in [1.82, 2.24) is 4.72 Å². The van der Waals surface area contributed by atoms with Crippen LogP contribution in [0, 0.1) is 12.8 Å². The van der Waals surface area contributed by atoms with Gasteiger partial charge in [-0.1, -0.05) is 19.9 Å². The van der Waals surface area contributed by atoms with Gasteiger partial charge in [0.1, 0.15) is 0 Å². The molecule has 0 spiro atoms. The zero-order valence-corrected chi connectivity index (χ0v) is 13.0. The quantitative estimate of drug-likeness (QED) is 0.865. The molecule has 0 aliphatic carbocycles. The Labute approximate surface area is 117 Å². The van der Waals surface area contributed by atoms with Gasteiger partial charge in [-0.25, -0.2) is 13.1 Å². The summed E-state index contributed by atoms with van der Waals surface area (Å²) < 4.78 is 27.0. The molecule has 0 heterocycles. The van der Waals surface area contributed by atoms with E-state index in [1.54, 1.807) is 18.2 Å². The predicted octanol–water partition coefficient (Wildman–Crippen LogP) is 2.05. The molecule has 4 nitrogen and oxygen atoms in total. The summed E-state index contributed by atoms with van der Waals surface area (Å²) in [5.41, 5.74) is 0.975. The van der Waals surface area contributed by atoms with E-state index in [2.05, 4.69) is 20.7 Å². The van der Waals surface area contributed by atoms with E-state index in [0.29, 0.717) is 4.47 Å². The summed E-state index contributed by atoms with van der Waals surface area (Å²) in [7, 11) is -3.59. The molecule has 1 unspecified atom stereocenters. The number of nitrogens with one attached hydrogen (secondary N) is 1. The van der Waals surface area contributed by atoms with Crippen LogP contribution in [0.15, 0.2) is 27.6 Å². The number of rotatable bonds is 5. The monoisotopic (exact) mass is 335 g/mol. The van der Waals surface area contributed by atoms with Gasteiger partial charge < -0.3 is 5.11 Å². The van der Waals surface area contributed by atoms with E-state index in [0.717, 1.165) is 5.56 Å². The predicted molar refractivity (Wildman–Crippen MR) is 74.9 cm³/mol. The molecule has 1 aromatic rings. The molecule has 1 atom stereocenters. The normalized spacial score (nSPS) is 13.9. The molecular formula is C12H18BrNO3S. The number of aliphatic hydroxyl groups excluding tert-OH is 1. The zero-order chi connectivity index (χ0) is 13.9. The summed E-state index contributed by atoms with van der Waals surface area (Å²) in [6, 6.07) is 5.02. The van der Waals surface area contributed by atoms with Gasteiger partial charge in [0.15, 0.2) is 0 Å². The van der Waals surface area contributed by atoms with Crippen LogP contribution in [-0.4, -0.2) is 26.2 Å². The molecule has 0 radical (unpaired) electrons. The summed E-state index contributed by atoms with van der Waals surface area (Å²) >= 11 is 3.24. The van der Waals surface area contributed by atoms with E-state index in [4.69, 9.17) is 0 Å². The van der Waals surface area contributed by atoms with Gasteiger partial charge in [0.2, 0.25) is 10.0 Å². The van der Waals surface area contributed by atoms with Crippen molar-refractivity contribution < 1.29 is 13.5 Å². The summed E-state index contributed by atoms with van der Waals surface area (Å²) in [5, 5.41) is 9.61. The van der Waals surface area contributed by atoms with Crippen LogP contribution in [0.4, 0.5) is 0 Å². The third kappa shape index (κ3) is 4.05. The van der Waals surface area contributed by atoms with Gasteiger partial charge in [-0.15, -0.1) is 0 Å². The first-order valence-electron chi connectivity index (χ1n) is 5.68. The van der Waals surface area contributed by atoms with Crippen molar-refractivity contribution in [3.63, 3.8) is 0 Å². The Morgan fingerprint density at radius 2 is 2.00 bits per heavy atom. The average Bonchev–Trinajstić information content (AvgIpc) is 2.25. The van der Waals surface area contributed by atoms with Crippen LogP contribution in [0.25, 0.3) is 0 Å². The molecule has 2 N–H and O–H groups in total. The van der Waals surface area contributed by atoms with Crippen molar-refractivity contribution in [2.45, 2.75) is 31.8 Å². The first kappa shape index (κ1) is 15.6. The van der Waals surface area contributed by atoms with Crippen LogP contribution >= 0.6 is 15.9 Å². The van der Waals surface area contributed by atoms with Crippen LogP contribution < -0.4 is 4.72 Å². The molecule has 6 heteroatoms. The molecule has 1 rings (SSSR count). The van der Waals surface area contributed by atoms with Crippen molar-refractivity contribution >= 4 is 26.0 Å². The molecule has 0 aliphatic rings. The number of hydrogen-bond acceptors (Lipinski definition) is 3. The number of aryl methyl sites for hydroxylation is 1. The SMILES string of the molecule is Cc1ccc(S(=O)(=O)NCC(O)C(C)C)c(Br)c1. The topological polar surface area (TPSA) is 66.4 Å². The Morgan fingerprint density at radius 3 is 2.50 bits per heavy atom. The van der Waals surface area contributed by atoms with Gasteiger partial charge in [0.05, 0.1) is 11.0 Å². The van der Waals surface area contributed by atoms with Gasteiger partial charge >= 0.3 is 0 Å². The van der Waals surface area contributed by atoms with Crippen LogP contribution in [0.3, 0.4) is 0 Å². The highest BCUT2D eigenvalue weighted by Crippen LogP contribution is 2.22. The van der Waals surface area contributed by atoms with Crippen LogP contribution in [0.5, 0.6) is 0 Å². The maximum atomic E-state index is 12.0. The fourth-order valence-electron chi connectivity index (χ4n) is 1.33. The first-order valence-corrected chi connectivity index (χ1v) is 7.95. The number of benzene rings is 1. The molecule has 0 aliphatic heterocycles. The second-order valence-electron chi connectivity index (χ2n) is 4.60. The molecule has 1 aromatic carbocycles. The minimum absolute atomic E-state index is 0.00848. The van der Waals surface area contributed by atoms with E-state index in [1.807, 2.05) is 20.8 Å². The van der Waals surface area contributed by atoms with Crippen molar-refractivity contribution in [2.24, 2.45) is 5.92 Å². The Hall–Kier alpha value is -0.430. The van der Waals surface area contributed by atoms with Gasteiger partial charge in [-0.05, 0) is 46.5 Å². The zero-order valence-electron chi connectivity index (χ0n) is 10.6. The third-order valence-corrected chi connectivity index (χ3v) is 5.03. The second-order valence-corrected chi connectivity index (χ2v) is 7.19. The van der Waals surface area contributed by atoms with E-state index < -0.39 is 16.1 Å². The Balaban J connectivity index is 2.87. The summed E-state index contributed by atoms with van der Waals surface area (Å²) in [5.74, 6) is 0.00848. The van der Waals surface area contributed by atoms with E-state index in [1.165, 1.54) is 0 Å². The standard InChI is InChI=1S/C12H18BrNO3S/c1-8(2)11(15)7-14-18(16,17)12-5-4-9(3)6-10(12)13/h4-6,8,11,14-15H,7H2,1-3H3. The maximum absolute atomic E-state index is 12.0. The number of hydrogen-bond donors (Lipinski definition) is 2. The summed E-state index contributed by atoms with van der Waals surface area (Å²) in [4.78, 5) is 0.184. The van der Waals surface area contributed by atoms with Crippen molar-refractivity contribution in [2.75, 3.05) is 6.54 Å². The largest absolute Gasteiger partial charge is 0.391 e. The molecule has 0 saturated heterocycles.